The van der Waals surface area contributed by atoms with Crippen LogP contribution in [0.4, 0.5) is 0 Å². The van der Waals surface area contributed by atoms with Crippen LogP contribution in [0.25, 0.3) is 0 Å². The van der Waals surface area contributed by atoms with E-state index in [9.17, 15) is 0 Å². The predicted molar refractivity (Wildman–Crippen MR) is 56.8 cm³/mol. The second-order valence-corrected chi connectivity index (χ2v) is 4.31. The molecule has 0 bridgehead atoms. The fraction of sp³-hybridized carbons (Fsp3) is 0.818. The van der Waals surface area contributed by atoms with Crippen molar-refractivity contribution in [1.82, 2.24) is 5.32 Å². The molecule has 2 rings (SSSR count). The lowest BCUT2D eigenvalue weighted by Crippen LogP contribution is -2.36. The highest BCUT2D eigenvalue weighted by molar-refractivity contribution is 5.18. The Morgan fingerprint density at radius 3 is 3.14 bits per heavy atom. The maximum Gasteiger partial charge on any atom is 0.0578 e. The summed E-state index contributed by atoms with van der Waals surface area (Å²) in [5.74, 6) is 0.678. The molecule has 1 aliphatic carbocycles. The van der Waals surface area contributed by atoms with Crippen molar-refractivity contribution < 1.29 is 4.74 Å². The lowest BCUT2D eigenvalue weighted by atomic mass is 9.80. The number of nitrogens with two attached hydrogens (primary N) is 1. The van der Waals surface area contributed by atoms with E-state index in [0.29, 0.717) is 18.1 Å². The Morgan fingerprint density at radius 2 is 2.43 bits per heavy atom. The fourth-order valence-corrected chi connectivity index (χ4v) is 2.70. The van der Waals surface area contributed by atoms with Crippen LogP contribution in [0, 0.1) is 5.92 Å². The first-order valence-electron chi connectivity index (χ1n) is 5.53. The molecule has 0 saturated heterocycles. The van der Waals surface area contributed by atoms with Crippen molar-refractivity contribution in [3.8, 4) is 0 Å². The van der Waals surface area contributed by atoms with Crippen LogP contribution in [-0.4, -0.2) is 25.8 Å². The highest BCUT2D eigenvalue weighted by atomic mass is 16.5. The molecule has 1 aliphatic heterocycles. The van der Waals surface area contributed by atoms with Crippen molar-refractivity contribution in [2.24, 2.45) is 11.7 Å². The van der Waals surface area contributed by atoms with E-state index in [4.69, 9.17) is 10.5 Å². The van der Waals surface area contributed by atoms with E-state index >= 15 is 0 Å². The van der Waals surface area contributed by atoms with Gasteiger partial charge in [-0.2, -0.15) is 0 Å². The second-order valence-electron chi connectivity index (χ2n) is 4.31. The summed E-state index contributed by atoms with van der Waals surface area (Å²) in [4.78, 5) is 0. The number of fused-ring (bicyclic) bond motifs is 1. The minimum absolute atomic E-state index is 0.456. The average molecular weight is 196 g/mol. The maximum absolute atomic E-state index is 5.60. The molecular weight excluding hydrogens is 176 g/mol. The molecular formula is C11H20N2O. The summed E-state index contributed by atoms with van der Waals surface area (Å²) in [6.45, 7) is 0.758. The van der Waals surface area contributed by atoms with Gasteiger partial charge in [0.2, 0.25) is 0 Å². The van der Waals surface area contributed by atoms with Gasteiger partial charge in [-0.3, -0.25) is 0 Å². The van der Waals surface area contributed by atoms with Crippen molar-refractivity contribution in [1.29, 1.82) is 0 Å². The summed E-state index contributed by atoms with van der Waals surface area (Å²) in [7, 11) is 1.82. The molecule has 0 radical (unpaired) electrons. The monoisotopic (exact) mass is 196 g/mol. The third-order valence-electron chi connectivity index (χ3n) is 3.53. The van der Waals surface area contributed by atoms with Crippen LogP contribution in [0.3, 0.4) is 0 Å². The minimum Gasteiger partial charge on any atom is -0.388 e. The molecule has 1 heterocycles. The Balaban J connectivity index is 1.97. The van der Waals surface area contributed by atoms with Crippen LogP contribution in [0.2, 0.25) is 0 Å². The number of rotatable bonds is 3. The Kier molecular flexibility index (Phi) is 3.08. The quantitative estimate of drug-likeness (QED) is 0.708. The Labute approximate surface area is 85.7 Å². The third kappa shape index (κ3) is 1.79. The van der Waals surface area contributed by atoms with Gasteiger partial charge >= 0.3 is 0 Å². The van der Waals surface area contributed by atoms with Crippen molar-refractivity contribution in [3.63, 3.8) is 0 Å². The Morgan fingerprint density at radius 1 is 1.57 bits per heavy atom. The lowest BCUT2D eigenvalue weighted by Gasteiger charge is -2.32. The van der Waals surface area contributed by atoms with Crippen LogP contribution in [0.15, 0.2) is 11.8 Å². The van der Waals surface area contributed by atoms with Gasteiger partial charge in [0.25, 0.3) is 0 Å². The molecule has 0 aromatic heterocycles. The van der Waals surface area contributed by atoms with E-state index in [1.54, 1.807) is 0 Å². The Hall–Kier alpha value is -0.540. The summed E-state index contributed by atoms with van der Waals surface area (Å²) in [5.41, 5.74) is 7.10. The zero-order valence-corrected chi connectivity index (χ0v) is 8.83. The third-order valence-corrected chi connectivity index (χ3v) is 3.53. The number of hydrogen-bond acceptors (Lipinski definition) is 3. The topological polar surface area (TPSA) is 47.3 Å². The van der Waals surface area contributed by atoms with Gasteiger partial charge < -0.3 is 15.8 Å². The first kappa shape index (κ1) is 9.99. The summed E-state index contributed by atoms with van der Waals surface area (Å²) in [6.07, 6.45) is 7.25. The fourth-order valence-electron chi connectivity index (χ4n) is 2.70. The first-order chi connectivity index (χ1) is 6.85. The molecule has 3 heteroatoms. The van der Waals surface area contributed by atoms with Crippen LogP contribution in [-0.2, 0) is 4.74 Å². The van der Waals surface area contributed by atoms with Crippen molar-refractivity contribution in [3.05, 3.63) is 11.8 Å². The molecule has 3 unspecified atom stereocenters. The molecule has 0 aromatic rings. The second kappa shape index (κ2) is 4.32. The first-order valence-corrected chi connectivity index (χ1v) is 5.53. The van der Waals surface area contributed by atoms with E-state index in [-0.39, 0.29) is 0 Å². The average Bonchev–Trinajstić information content (AvgIpc) is 2.61. The smallest absolute Gasteiger partial charge is 0.0578 e. The maximum atomic E-state index is 5.60. The van der Waals surface area contributed by atoms with E-state index in [0.717, 1.165) is 13.0 Å². The summed E-state index contributed by atoms with van der Waals surface area (Å²) < 4.78 is 5.44. The van der Waals surface area contributed by atoms with Crippen LogP contribution >= 0.6 is 0 Å². The molecule has 1 fully saturated rings. The Bertz CT molecular complexity index is 227. The normalized spacial score (nSPS) is 36.1. The van der Waals surface area contributed by atoms with Crippen LogP contribution in [0.1, 0.15) is 25.7 Å². The van der Waals surface area contributed by atoms with Crippen molar-refractivity contribution in [2.45, 2.75) is 37.8 Å². The van der Waals surface area contributed by atoms with Crippen LogP contribution in [0.5, 0.6) is 0 Å². The van der Waals surface area contributed by atoms with Gasteiger partial charge in [0.1, 0.15) is 0 Å². The molecule has 1 saturated carbocycles. The molecule has 3 N–H and O–H groups in total. The summed E-state index contributed by atoms with van der Waals surface area (Å²) in [6, 6.07) is 0.656. The summed E-state index contributed by atoms with van der Waals surface area (Å²) in [5, 5.41) is 3.46. The molecule has 3 nitrogen and oxygen atoms in total. The zero-order chi connectivity index (χ0) is 9.97. The largest absolute Gasteiger partial charge is 0.388 e. The molecule has 2 aliphatic rings. The highest BCUT2D eigenvalue weighted by Crippen LogP contribution is 2.35. The lowest BCUT2D eigenvalue weighted by molar-refractivity contribution is 0.0502. The molecule has 14 heavy (non-hydrogen) atoms. The molecule has 80 valence electrons. The van der Waals surface area contributed by atoms with Crippen molar-refractivity contribution in [2.75, 3.05) is 13.7 Å². The SMILES string of the molecule is COC1CCC2NC=C(CCN)C2C1. The van der Waals surface area contributed by atoms with E-state index in [1.165, 1.54) is 24.8 Å². The number of hydrogen-bond donors (Lipinski definition) is 2. The number of nitrogens with one attached hydrogen (secondary N) is 1. The molecule has 0 amide bonds. The predicted octanol–water partition coefficient (Wildman–Crippen LogP) is 1.01. The molecule has 3 atom stereocenters. The van der Waals surface area contributed by atoms with Gasteiger partial charge in [-0.05, 0) is 44.0 Å². The highest BCUT2D eigenvalue weighted by Gasteiger charge is 2.35. The standard InChI is InChI=1S/C11H20N2O/c1-14-9-2-3-11-10(6-9)8(4-5-12)7-13-11/h7,9-11,13H,2-6,12H2,1H3. The van der Waals surface area contributed by atoms with Crippen LogP contribution < -0.4 is 11.1 Å². The molecule has 0 aromatic carbocycles. The minimum atomic E-state index is 0.456. The van der Waals surface area contributed by atoms with Gasteiger partial charge in [-0.15, -0.1) is 0 Å². The number of ether oxygens (including phenoxy) is 1. The van der Waals surface area contributed by atoms with Gasteiger partial charge in [-0.1, -0.05) is 0 Å². The van der Waals surface area contributed by atoms with Gasteiger partial charge in [0, 0.05) is 19.1 Å². The zero-order valence-electron chi connectivity index (χ0n) is 8.83. The van der Waals surface area contributed by atoms with Gasteiger partial charge in [0.15, 0.2) is 0 Å². The van der Waals surface area contributed by atoms with Crippen molar-refractivity contribution >= 4 is 0 Å². The van der Waals surface area contributed by atoms with E-state index in [2.05, 4.69) is 11.5 Å². The van der Waals surface area contributed by atoms with Gasteiger partial charge in [0.05, 0.1) is 6.10 Å². The van der Waals surface area contributed by atoms with E-state index < -0.39 is 0 Å². The van der Waals surface area contributed by atoms with Gasteiger partial charge in [-0.25, -0.2) is 0 Å². The van der Waals surface area contributed by atoms with E-state index in [1.807, 2.05) is 7.11 Å². The summed E-state index contributed by atoms with van der Waals surface area (Å²) >= 11 is 0. The number of methoxy groups -OCH3 is 1. The molecule has 0 spiro atoms.